The fraction of sp³-hybridized carbons (Fsp3) is 0.250. The quantitative estimate of drug-likeness (QED) is 0.670. The number of thiazole rings is 1. The molecule has 0 aromatic carbocycles. The maximum atomic E-state index is 11.7. The number of nitrogens with zero attached hydrogens (tertiary/aromatic N) is 1. The van der Waals surface area contributed by atoms with Gasteiger partial charge in [-0.25, -0.2) is 4.98 Å². The summed E-state index contributed by atoms with van der Waals surface area (Å²) in [5.74, 6) is 0. The fourth-order valence-corrected chi connectivity index (χ4v) is 1.40. The van der Waals surface area contributed by atoms with E-state index in [1.165, 1.54) is 0 Å². The summed E-state index contributed by atoms with van der Waals surface area (Å²) in [7, 11) is 0. The topological polar surface area (TPSA) is 12.9 Å². The number of hydrogen-bond acceptors (Lipinski definition) is 2. The lowest BCUT2D eigenvalue weighted by Crippen LogP contribution is -2.04. The van der Waals surface area contributed by atoms with Crippen molar-refractivity contribution in [3.8, 4) is 0 Å². The predicted molar refractivity (Wildman–Crippen MR) is 34.8 cm³/mol. The molecular weight excluding hydrogens is 231 g/mol. The Kier molecular flexibility index (Phi) is 2.00. The molecule has 0 aliphatic carbocycles. The molecule has 0 aliphatic heterocycles. The van der Waals surface area contributed by atoms with Crippen LogP contribution in [-0.2, 0) is 6.18 Å². The van der Waals surface area contributed by atoms with E-state index < -0.39 is 11.9 Å². The van der Waals surface area contributed by atoms with Crippen molar-refractivity contribution in [3.63, 3.8) is 0 Å². The molecule has 0 amide bonds. The largest absolute Gasteiger partial charge is 0.434 e. The van der Waals surface area contributed by atoms with Gasteiger partial charge >= 0.3 is 6.18 Å². The Hall–Kier alpha value is -0.100. The molecule has 0 radical (unpaired) electrons. The molecule has 0 N–H and O–H groups in total. The lowest BCUT2D eigenvalue weighted by atomic mass is 10.5. The molecule has 1 rings (SSSR count). The third kappa shape index (κ3) is 1.69. The maximum absolute atomic E-state index is 11.7. The van der Waals surface area contributed by atoms with Gasteiger partial charge < -0.3 is 0 Å². The number of alkyl halides is 3. The summed E-state index contributed by atoms with van der Waals surface area (Å²) in [4.78, 5) is 3.19. The summed E-state index contributed by atoms with van der Waals surface area (Å²) in [6.45, 7) is 0. The van der Waals surface area contributed by atoms with Gasteiger partial charge in [0.1, 0.15) is 0 Å². The van der Waals surface area contributed by atoms with Crippen molar-refractivity contribution in [1.29, 1.82) is 0 Å². The molecular formula is C4HBrF3NS. The van der Waals surface area contributed by atoms with Crippen LogP contribution >= 0.6 is 27.3 Å². The lowest BCUT2D eigenvalue weighted by Gasteiger charge is -1.98. The Morgan fingerprint density at radius 3 is 2.30 bits per heavy atom. The Bertz CT molecular complexity index is 231. The van der Waals surface area contributed by atoms with Crippen LogP contribution in [0.3, 0.4) is 0 Å². The highest BCUT2D eigenvalue weighted by molar-refractivity contribution is 9.11. The zero-order chi connectivity index (χ0) is 7.78. The highest BCUT2D eigenvalue weighted by Crippen LogP contribution is 2.31. The molecule has 6 heteroatoms. The van der Waals surface area contributed by atoms with Gasteiger partial charge in [-0.15, -0.1) is 11.3 Å². The van der Waals surface area contributed by atoms with Crippen LogP contribution in [0.4, 0.5) is 13.2 Å². The molecule has 1 heterocycles. The third-order valence-corrected chi connectivity index (χ3v) is 2.13. The summed E-state index contributed by atoms with van der Waals surface area (Å²) in [6.07, 6.45) is -4.32. The first-order valence-corrected chi connectivity index (χ1v) is 3.85. The second-order valence-corrected chi connectivity index (χ2v) is 3.62. The van der Waals surface area contributed by atoms with Gasteiger partial charge in [0, 0.05) is 5.38 Å². The standard InChI is InChI=1S/C4HBrF3NS/c5-3-9-2(1-10-3)4(6,7)8/h1H. The summed E-state index contributed by atoms with van der Waals surface area (Å²) in [6, 6.07) is 0. The van der Waals surface area contributed by atoms with Crippen molar-refractivity contribution in [2.45, 2.75) is 6.18 Å². The first-order valence-electron chi connectivity index (χ1n) is 2.18. The van der Waals surface area contributed by atoms with E-state index in [9.17, 15) is 13.2 Å². The Balaban J connectivity index is 2.96. The van der Waals surface area contributed by atoms with Gasteiger partial charge in [0.2, 0.25) is 0 Å². The first kappa shape index (κ1) is 8.00. The fourth-order valence-electron chi connectivity index (χ4n) is 0.382. The normalized spacial score (nSPS) is 12.0. The monoisotopic (exact) mass is 231 g/mol. The zero-order valence-electron chi connectivity index (χ0n) is 4.44. The van der Waals surface area contributed by atoms with Gasteiger partial charge in [-0.05, 0) is 15.9 Å². The minimum absolute atomic E-state index is 0.250. The average molecular weight is 232 g/mol. The second kappa shape index (κ2) is 2.50. The minimum Gasteiger partial charge on any atom is -0.225 e. The van der Waals surface area contributed by atoms with E-state index >= 15 is 0 Å². The molecule has 0 spiro atoms. The van der Waals surface area contributed by atoms with Gasteiger partial charge in [0.25, 0.3) is 0 Å². The van der Waals surface area contributed by atoms with E-state index in [1.54, 1.807) is 0 Å². The summed E-state index contributed by atoms with van der Waals surface area (Å²) < 4.78 is 35.4. The predicted octanol–water partition coefficient (Wildman–Crippen LogP) is 2.92. The molecule has 0 unspecified atom stereocenters. The molecule has 0 aliphatic rings. The van der Waals surface area contributed by atoms with Gasteiger partial charge in [-0.3, -0.25) is 0 Å². The second-order valence-electron chi connectivity index (χ2n) is 1.48. The number of hydrogen-bond donors (Lipinski definition) is 0. The Labute approximate surface area is 67.0 Å². The third-order valence-electron chi connectivity index (χ3n) is 0.767. The highest BCUT2D eigenvalue weighted by Gasteiger charge is 2.33. The molecule has 56 valence electrons. The lowest BCUT2D eigenvalue weighted by molar-refractivity contribution is -0.140. The molecule has 0 fully saturated rings. The van der Waals surface area contributed by atoms with Crippen LogP contribution in [0.1, 0.15) is 5.69 Å². The minimum atomic E-state index is -4.32. The van der Waals surface area contributed by atoms with Crippen LogP contribution in [0.2, 0.25) is 0 Å². The van der Waals surface area contributed by atoms with Crippen LogP contribution in [0.15, 0.2) is 9.30 Å². The van der Waals surface area contributed by atoms with Crippen LogP contribution in [0.5, 0.6) is 0 Å². The van der Waals surface area contributed by atoms with Crippen molar-refractivity contribution in [1.82, 2.24) is 4.98 Å². The van der Waals surface area contributed by atoms with E-state index in [0.29, 0.717) is 0 Å². The highest BCUT2D eigenvalue weighted by atomic mass is 79.9. The van der Waals surface area contributed by atoms with Gasteiger partial charge in [0.15, 0.2) is 9.61 Å². The van der Waals surface area contributed by atoms with Crippen molar-refractivity contribution in [2.75, 3.05) is 0 Å². The number of rotatable bonds is 0. The van der Waals surface area contributed by atoms with E-state index in [0.717, 1.165) is 16.7 Å². The van der Waals surface area contributed by atoms with Crippen molar-refractivity contribution < 1.29 is 13.2 Å². The average Bonchev–Trinajstić information content (AvgIpc) is 2.11. The van der Waals surface area contributed by atoms with Crippen LogP contribution in [0.25, 0.3) is 0 Å². The SMILES string of the molecule is FC(F)(F)c1csc(Br)n1. The van der Waals surface area contributed by atoms with Gasteiger partial charge in [0.05, 0.1) is 0 Å². The van der Waals surface area contributed by atoms with E-state index in [4.69, 9.17) is 0 Å². The summed E-state index contributed by atoms with van der Waals surface area (Å²) in [5.41, 5.74) is -0.843. The summed E-state index contributed by atoms with van der Waals surface area (Å²) >= 11 is 3.75. The number of aromatic nitrogens is 1. The maximum Gasteiger partial charge on any atom is 0.434 e. The van der Waals surface area contributed by atoms with Crippen LogP contribution in [-0.4, -0.2) is 4.98 Å². The van der Waals surface area contributed by atoms with E-state index in [-0.39, 0.29) is 3.92 Å². The van der Waals surface area contributed by atoms with E-state index in [1.807, 2.05) is 0 Å². The zero-order valence-corrected chi connectivity index (χ0v) is 6.85. The Morgan fingerprint density at radius 2 is 2.10 bits per heavy atom. The molecule has 0 saturated carbocycles. The molecule has 0 saturated heterocycles. The van der Waals surface area contributed by atoms with Gasteiger partial charge in [-0.1, -0.05) is 0 Å². The van der Waals surface area contributed by atoms with Crippen molar-refractivity contribution in [2.24, 2.45) is 0 Å². The Morgan fingerprint density at radius 1 is 1.50 bits per heavy atom. The number of halogens is 4. The molecule has 1 aromatic heterocycles. The van der Waals surface area contributed by atoms with Crippen LogP contribution < -0.4 is 0 Å². The molecule has 0 atom stereocenters. The van der Waals surface area contributed by atoms with Gasteiger partial charge in [-0.2, -0.15) is 13.2 Å². The smallest absolute Gasteiger partial charge is 0.225 e. The molecule has 1 aromatic rings. The molecule has 1 nitrogen and oxygen atoms in total. The van der Waals surface area contributed by atoms with Crippen LogP contribution in [0, 0.1) is 0 Å². The summed E-state index contributed by atoms with van der Waals surface area (Å²) in [5, 5.41) is 0.962. The first-order chi connectivity index (χ1) is 4.50. The van der Waals surface area contributed by atoms with E-state index in [2.05, 4.69) is 20.9 Å². The molecule has 10 heavy (non-hydrogen) atoms. The molecule has 0 bridgehead atoms. The van der Waals surface area contributed by atoms with Crippen molar-refractivity contribution in [3.05, 3.63) is 15.0 Å². The van der Waals surface area contributed by atoms with Crippen molar-refractivity contribution >= 4 is 27.3 Å².